The van der Waals surface area contributed by atoms with Crippen LogP contribution in [0.25, 0.3) is 0 Å². The Kier molecular flexibility index (Phi) is 5.57. The molecule has 1 rings (SSSR count). The molecule has 0 aliphatic rings. The molecule has 0 heterocycles. The average molecular weight is 262 g/mol. The number of ether oxygens (including phenoxy) is 1. The Bertz CT molecular complexity index is 422. The topological polar surface area (TPSA) is 64.3 Å². The van der Waals surface area contributed by atoms with E-state index in [-0.39, 0.29) is 6.04 Å². The van der Waals surface area contributed by atoms with E-state index in [0.29, 0.717) is 6.54 Å². The average Bonchev–Trinajstić information content (AvgIpc) is 2.33. The molecule has 4 nitrogen and oxygen atoms in total. The zero-order chi connectivity index (χ0) is 14.3. The molecule has 0 aliphatic heterocycles. The van der Waals surface area contributed by atoms with Crippen molar-refractivity contribution >= 4 is 6.09 Å². The van der Waals surface area contributed by atoms with E-state index < -0.39 is 11.7 Å². The second-order valence-electron chi connectivity index (χ2n) is 5.20. The number of amides is 1. The van der Waals surface area contributed by atoms with Crippen LogP contribution in [-0.2, 0) is 4.74 Å². The third-order valence-electron chi connectivity index (χ3n) is 2.30. The van der Waals surface area contributed by atoms with Crippen LogP contribution in [0.4, 0.5) is 4.79 Å². The molecule has 0 aliphatic carbocycles. The predicted molar refractivity (Wildman–Crippen MR) is 76.7 cm³/mol. The van der Waals surface area contributed by atoms with Gasteiger partial charge in [0.1, 0.15) is 5.60 Å². The lowest BCUT2D eigenvalue weighted by Gasteiger charge is -2.22. The van der Waals surface area contributed by atoms with Gasteiger partial charge in [-0.15, -0.1) is 0 Å². The Labute approximate surface area is 114 Å². The molecule has 1 atom stereocenters. The first-order chi connectivity index (χ1) is 8.92. The maximum Gasteiger partial charge on any atom is 0.408 e. The van der Waals surface area contributed by atoms with Crippen molar-refractivity contribution in [2.45, 2.75) is 32.4 Å². The Morgan fingerprint density at radius 2 is 2.00 bits per heavy atom. The van der Waals surface area contributed by atoms with Crippen molar-refractivity contribution in [2.75, 3.05) is 6.54 Å². The normalized spacial score (nSPS) is 13.3. The molecule has 1 unspecified atom stereocenters. The number of hydrogen-bond donors (Lipinski definition) is 2. The Morgan fingerprint density at radius 1 is 1.37 bits per heavy atom. The number of hydrogen-bond acceptors (Lipinski definition) is 3. The van der Waals surface area contributed by atoms with Gasteiger partial charge in [0.05, 0.1) is 6.04 Å². The molecule has 0 saturated carbocycles. The molecule has 0 fully saturated rings. The summed E-state index contributed by atoms with van der Waals surface area (Å²) in [6.45, 7) is 5.93. The second-order valence-corrected chi connectivity index (χ2v) is 5.20. The number of benzene rings is 1. The minimum atomic E-state index is -0.511. The number of rotatable bonds is 4. The second kappa shape index (κ2) is 6.95. The van der Waals surface area contributed by atoms with Crippen molar-refractivity contribution in [1.82, 2.24) is 5.32 Å². The molecule has 0 spiro atoms. The van der Waals surface area contributed by atoms with E-state index >= 15 is 0 Å². The summed E-state index contributed by atoms with van der Waals surface area (Å²) in [7, 11) is 0. The van der Waals surface area contributed by atoms with Crippen LogP contribution in [0.2, 0.25) is 0 Å². The van der Waals surface area contributed by atoms with Gasteiger partial charge < -0.3 is 15.8 Å². The summed E-state index contributed by atoms with van der Waals surface area (Å²) in [6, 6.07) is 9.44. The van der Waals surface area contributed by atoms with Crippen molar-refractivity contribution in [3.05, 3.63) is 48.0 Å². The van der Waals surface area contributed by atoms with Crippen molar-refractivity contribution in [1.29, 1.82) is 0 Å². The lowest BCUT2D eigenvalue weighted by Crippen LogP contribution is -2.34. The highest BCUT2D eigenvalue weighted by Crippen LogP contribution is 2.15. The van der Waals surface area contributed by atoms with Gasteiger partial charge in [0.25, 0.3) is 0 Å². The van der Waals surface area contributed by atoms with E-state index in [2.05, 4.69) is 5.32 Å². The first-order valence-electron chi connectivity index (χ1n) is 6.33. The SMILES string of the molecule is CC(C)(C)OC(=O)NC(/C=C/CN)c1ccccc1. The highest BCUT2D eigenvalue weighted by Gasteiger charge is 2.18. The van der Waals surface area contributed by atoms with Crippen LogP contribution in [0.5, 0.6) is 0 Å². The van der Waals surface area contributed by atoms with Gasteiger partial charge in [-0.25, -0.2) is 4.79 Å². The molecule has 19 heavy (non-hydrogen) atoms. The first kappa shape index (κ1) is 15.2. The minimum Gasteiger partial charge on any atom is -0.444 e. The highest BCUT2D eigenvalue weighted by molar-refractivity contribution is 5.68. The fourth-order valence-electron chi connectivity index (χ4n) is 1.55. The molecular weight excluding hydrogens is 240 g/mol. The van der Waals surface area contributed by atoms with Crippen LogP contribution < -0.4 is 11.1 Å². The summed E-state index contributed by atoms with van der Waals surface area (Å²) in [6.07, 6.45) is 3.23. The van der Waals surface area contributed by atoms with Crippen LogP contribution in [0.1, 0.15) is 32.4 Å². The highest BCUT2D eigenvalue weighted by atomic mass is 16.6. The number of carbonyl (C=O) groups excluding carboxylic acids is 1. The lowest BCUT2D eigenvalue weighted by molar-refractivity contribution is 0.0514. The van der Waals surface area contributed by atoms with E-state index in [4.69, 9.17) is 10.5 Å². The van der Waals surface area contributed by atoms with Crippen molar-refractivity contribution in [2.24, 2.45) is 5.73 Å². The molecule has 3 N–H and O–H groups in total. The van der Waals surface area contributed by atoms with Gasteiger partial charge in [-0.1, -0.05) is 42.5 Å². The van der Waals surface area contributed by atoms with Gasteiger partial charge in [-0.2, -0.15) is 0 Å². The Morgan fingerprint density at radius 3 is 2.53 bits per heavy atom. The van der Waals surface area contributed by atoms with E-state index in [1.165, 1.54) is 0 Å². The molecule has 1 aromatic carbocycles. The van der Waals surface area contributed by atoms with Gasteiger partial charge >= 0.3 is 6.09 Å². The van der Waals surface area contributed by atoms with Crippen LogP contribution in [-0.4, -0.2) is 18.2 Å². The van der Waals surface area contributed by atoms with Crippen LogP contribution in [0.15, 0.2) is 42.5 Å². The monoisotopic (exact) mass is 262 g/mol. The van der Waals surface area contributed by atoms with Gasteiger partial charge in [-0.05, 0) is 26.3 Å². The summed E-state index contributed by atoms with van der Waals surface area (Å²) in [4.78, 5) is 11.8. The minimum absolute atomic E-state index is 0.236. The number of nitrogens with two attached hydrogens (primary N) is 1. The van der Waals surface area contributed by atoms with Gasteiger partial charge in [0.15, 0.2) is 0 Å². The van der Waals surface area contributed by atoms with Crippen molar-refractivity contribution in [3.8, 4) is 0 Å². The standard InChI is InChI=1S/C15H22N2O2/c1-15(2,3)19-14(18)17-13(10-7-11-16)12-8-5-4-6-9-12/h4-10,13H,11,16H2,1-3H3,(H,17,18)/b10-7+. The molecular formula is C15H22N2O2. The van der Waals surface area contributed by atoms with Gasteiger partial charge in [0, 0.05) is 6.54 Å². The third kappa shape index (κ3) is 6.06. The molecule has 0 aromatic heterocycles. The van der Waals surface area contributed by atoms with Crippen molar-refractivity contribution < 1.29 is 9.53 Å². The lowest BCUT2D eigenvalue weighted by atomic mass is 10.1. The summed E-state index contributed by atoms with van der Waals surface area (Å²) in [5, 5.41) is 2.82. The molecule has 0 bridgehead atoms. The molecule has 104 valence electrons. The largest absolute Gasteiger partial charge is 0.444 e. The Balaban J connectivity index is 2.76. The first-order valence-corrected chi connectivity index (χ1v) is 6.33. The summed E-state index contributed by atoms with van der Waals surface area (Å²) in [5.41, 5.74) is 5.93. The predicted octanol–water partition coefficient (Wildman–Crippen LogP) is 2.77. The maximum atomic E-state index is 11.8. The maximum absolute atomic E-state index is 11.8. The number of carbonyl (C=O) groups is 1. The summed E-state index contributed by atoms with van der Waals surface area (Å²) >= 11 is 0. The number of nitrogens with one attached hydrogen (secondary N) is 1. The third-order valence-corrected chi connectivity index (χ3v) is 2.30. The summed E-state index contributed by atoms with van der Waals surface area (Å²) in [5.74, 6) is 0. The van der Waals surface area contributed by atoms with Gasteiger partial charge in [0.2, 0.25) is 0 Å². The van der Waals surface area contributed by atoms with Crippen LogP contribution in [0, 0.1) is 0 Å². The zero-order valence-electron chi connectivity index (χ0n) is 11.7. The molecule has 1 amide bonds. The molecule has 0 radical (unpaired) electrons. The van der Waals surface area contributed by atoms with E-state index in [0.717, 1.165) is 5.56 Å². The van der Waals surface area contributed by atoms with E-state index in [1.54, 1.807) is 0 Å². The van der Waals surface area contributed by atoms with E-state index in [1.807, 2.05) is 63.3 Å². The smallest absolute Gasteiger partial charge is 0.408 e. The Hall–Kier alpha value is -1.81. The summed E-state index contributed by atoms with van der Waals surface area (Å²) < 4.78 is 5.25. The number of alkyl carbamates (subject to hydrolysis) is 1. The quantitative estimate of drug-likeness (QED) is 0.820. The van der Waals surface area contributed by atoms with Crippen LogP contribution in [0.3, 0.4) is 0 Å². The van der Waals surface area contributed by atoms with Gasteiger partial charge in [-0.3, -0.25) is 0 Å². The van der Waals surface area contributed by atoms with E-state index in [9.17, 15) is 4.79 Å². The molecule has 1 aromatic rings. The fourth-order valence-corrected chi connectivity index (χ4v) is 1.55. The molecule has 4 heteroatoms. The molecule has 0 saturated heterocycles. The van der Waals surface area contributed by atoms with Crippen molar-refractivity contribution in [3.63, 3.8) is 0 Å². The zero-order valence-corrected chi connectivity index (χ0v) is 11.7. The fraction of sp³-hybridized carbons (Fsp3) is 0.400. The van der Waals surface area contributed by atoms with Crippen LogP contribution >= 0.6 is 0 Å².